The maximum Gasteiger partial charge on any atom is 0.332 e. The Morgan fingerprint density at radius 1 is 1.23 bits per heavy atom. The number of rotatable bonds is 8. The summed E-state index contributed by atoms with van der Waals surface area (Å²) in [7, 11) is 0. The van der Waals surface area contributed by atoms with Crippen molar-refractivity contribution in [1.29, 1.82) is 0 Å². The van der Waals surface area contributed by atoms with E-state index >= 15 is 0 Å². The third-order valence-corrected chi connectivity index (χ3v) is 2.07. The van der Waals surface area contributed by atoms with Gasteiger partial charge in [-0.05, 0) is 23.8 Å². The lowest BCUT2D eigenvalue weighted by molar-refractivity contribution is -0.799. The number of carbonyl (C=O) groups is 1. The van der Waals surface area contributed by atoms with Crippen molar-refractivity contribution in [3.63, 3.8) is 0 Å². The van der Waals surface area contributed by atoms with E-state index in [1.165, 1.54) is 30.3 Å². The third kappa shape index (κ3) is 6.70. The summed E-state index contributed by atoms with van der Waals surface area (Å²) >= 11 is 0. The molecule has 0 amide bonds. The van der Waals surface area contributed by atoms with Gasteiger partial charge in [-0.2, -0.15) is 0 Å². The zero-order valence-corrected chi connectivity index (χ0v) is 10.9. The highest BCUT2D eigenvalue weighted by Gasteiger charge is 2.19. The lowest BCUT2D eigenvalue weighted by Crippen LogP contribution is -2.29. The summed E-state index contributed by atoms with van der Waals surface area (Å²) in [4.78, 5) is 39.4. The molecule has 0 fully saturated rings. The van der Waals surface area contributed by atoms with E-state index in [2.05, 4.69) is 14.4 Å². The maximum atomic E-state index is 11.4. The summed E-state index contributed by atoms with van der Waals surface area (Å²) in [5, 5.41) is 26.8. The molecule has 11 nitrogen and oxygen atoms in total. The number of esters is 1. The van der Waals surface area contributed by atoms with Crippen molar-refractivity contribution in [3.8, 4) is 5.75 Å². The van der Waals surface area contributed by atoms with Crippen LogP contribution in [0, 0.1) is 20.2 Å². The van der Waals surface area contributed by atoms with E-state index in [9.17, 15) is 25.0 Å². The number of benzene rings is 1. The summed E-state index contributed by atoms with van der Waals surface area (Å²) in [5.74, 6) is -0.997. The lowest BCUT2D eigenvalue weighted by atomic mass is 10.2. The summed E-state index contributed by atoms with van der Waals surface area (Å²) in [6.07, 6.45) is 0.353. The average molecular weight is 314 g/mol. The predicted octanol–water partition coefficient (Wildman–Crippen LogP) is 0.691. The molecule has 1 N–H and O–H groups in total. The van der Waals surface area contributed by atoms with Crippen LogP contribution in [0.2, 0.25) is 0 Å². The van der Waals surface area contributed by atoms with Crippen molar-refractivity contribution in [2.45, 2.75) is 6.29 Å². The Morgan fingerprint density at radius 3 is 2.41 bits per heavy atom. The summed E-state index contributed by atoms with van der Waals surface area (Å²) in [5.41, 5.74) is 0.544. The van der Waals surface area contributed by atoms with Gasteiger partial charge in [-0.15, -0.1) is 20.2 Å². The molecular formula is C11H10N2O9. The van der Waals surface area contributed by atoms with E-state index in [0.29, 0.717) is 5.56 Å². The van der Waals surface area contributed by atoms with Crippen molar-refractivity contribution >= 4 is 12.0 Å². The molecule has 1 rings (SSSR count). The molecule has 0 aromatic heterocycles. The van der Waals surface area contributed by atoms with Gasteiger partial charge in [0.2, 0.25) is 0 Å². The van der Waals surface area contributed by atoms with Crippen molar-refractivity contribution in [2.24, 2.45) is 0 Å². The second kappa shape index (κ2) is 8.04. The van der Waals surface area contributed by atoms with Crippen LogP contribution in [0.3, 0.4) is 0 Å². The minimum absolute atomic E-state index is 0.0381. The van der Waals surface area contributed by atoms with Crippen LogP contribution in [0.15, 0.2) is 30.3 Å². The molecule has 0 saturated heterocycles. The molecule has 0 bridgehead atoms. The van der Waals surface area contributed by atoms with Crippen LogP contribution >= 0.6 is 0 Å². The second-order valence-corrected chi connectivity index (χ2v) is 3.64. The molecule has 1 aromatic carbocycles. The van der Waals surface area contributed by atoms with Gasteiger partial charge in [0, 0.05) is 6.08 Å². The number of carbonyl (C=O) groups excluding carboxylic acids is 1. The first-order valence-corrected chi connectivity index (χ1v) is 5.63. The SMILES string of the molecule is O=C(C=Cc1ccc(O)cc1)OC(CO[N+](=O)[O-])O[N+](=O)[O-]. The van der Waals surface area contributed by atoms with Crippen molar-refractivity contribution in [3.05, 3.63) is 56.1 Å². The minimum atomic E-state index is -1.88. The van der Waals surface area contributed by atoms with Gasteiger partial charge < -0.3 is 14.7 Å². The number of hydrogen-bond acceptors (Lipinski definition) is 9. The Labute approximate surface area is 122 Å². The first kappa shape index (κ1) is 16.7. The lowest BCUT2D eigenvalue weighted by Gasteiger charge is -2.13. The van der Waals surface area contributed by atoms with Crippen LogP contribution < -0.4 is 0 Å². The molecule has 0 spiro atoms. The molecule has 0 saturated carbocycles. The van der Waals surface area contributed by atoms with Crippen LogP contribution in [0.4, 0.5) is 0 Å². The smallest absolute Gasteiger partial charge is 0.332 e. The first-order valence-electron chi connectivity index (χ1n) is 5.63. The normalized spacial score (nSPS) is 11.6. The van der Waals surface area contributed by atoms with Crippen LogP contribution in [-0.2, 0) is 19.2 Å². The van der Waals surface area contributed by atoms with Gasteiger partial charge in [-0.1, -0.05) is 12.1 Å². The quantitative estimate of drug-likeness (QED) is 0.240. The van der Waals surface area contributed by atoms with E-state index in [4.69, 9.17) is 5.11 Å². The molecule has 11 heteroatoms. The van der Waals surface area contributed by atoms with Crippen LogP contribution in [-0.4, -0.2) is 34.1 Å². The monoisotopic (exact) mass is 314 g/mol. The largest absolute Gasteiger partial charge is 0.508 e. The van der Waals surface area contributed by atoms with E-state index < -0.39 is 29.0 Å². The van der Waals surface area contributed by atoms with E-state index in [-0.39, 0.29) is 5.75 Å². The average Bonchev–Trinajstić information content (AvgIpc) is 2.43. The molecule has 0 aliphatic rings. The molecule has 118 valence electrons. The summed E-state index contributed by atoms with van der Waals surface area (Å²) in [6, 6.07) is 5.77. The van der Waals surface area contributed by atoms with Gasteiger partial charge in [-0.3, -0.25) is 4.84 Å². The first-order chi connectivity index (χ1) is 10.4. The van der Waals surface area contributed by atoms with Crippen molar-refractivity contribution < 1.29 is 34.5 Å². The highest BCUT2D eigenvalue weighted by molar-refractivity contribution is 5.87. The Kier molecular flexibility index (Phi) is 6.10. The fourth-order valence-electron chi connectivity index (χ4n) is 1.22. The van der Waals surface area contributed by atoms with Crippen molar-refractivity contribution in [2.75, 3.05) is 6.61 Å². The molecule has 0 aliphatic carbocycles. The third-order valence-electron chi connectivity index (χ3n) is 2.07. The minimum Gasteiger partial charge on any atom is -0.508 e. The van der Waals surface area contributed by atoms with E-state index in [1.54, 1.807) is 0 Å². The Morgan fingerprint density at radius 2 is 1.86 bits per heavy atom. The highest BCUT2D eigenvalue weighted by Crippen LogP contribution is 2.11. The van der Waals surface area contributed by atoms with Crippen LogP contribution in [0.25, 0.3) is 6.08 Å². The van der Waals surface area contributed by atoms with Gasteiger partial charge in [0.1, 0.15) is 5.75 Å². The zero-order valence-electron chi connectivity index (χ0n) is 10.9. The fraction of sp³-hybridized carbons (Fsp3) is 0.182. The van der Waals surface area contributed by atoms with Gasteiger partial charge in [0.15, 0.2) is 6.61 Å². The molecule has 0 aliphatic heterocycles. The Hall–Kier alpha value is -3.37. The summed E-state index contributed by atoms with van der Waals surface area (Å²) in [6.45, 7) is -0.952. The number of phenolic OH excluding ortho intramolecular Hbond substituents is 1. The molecule has 22 heavy (non-hydrogen) atoms. The number of hydrogen-bond donors (Lipinski definition) is 1. The Bertz CT molecular complexity index is 569. The van der Waals surface area contributed by atoms with E-state index in [0.717, 1.165) is 6.08 Å². The van der Waals surface area contributed by atoms with Gasteiger partial charge in [-0.25, -0.2) is 4.79 Å². The van der Waals surface area contributed by atoms with Gasteiger partial charge >= 0.3 is 5.97 Å². The van der Waals surface area contributed by atoms with Crippen LogP contribution in [0.1, 0.15) is 5.56 Å². The zero-order chi connectivity index (χ0) is 16.5. The second-order valence-electron chi connectivity index (χ2n) is 3.64. The summed E-state index contributed by atoms with van der Waals surface area (Å²) < 4.78 is 4.49. The molecule has 0 heterocycles. The number of ether oxygens (including phenoxy) is 1. The molecule has 1 aromatic rings. The molecule has 0 radical (unpaired) electrons. The Balaban J connectivity index is 2.59. The van der Waals surface area contributed by atoms with E-state index in [1.807, 2.05) is 0 Å². The van der Waals surface area contributed by atoms with Gasteiger partial charge in [0.25, 0.3) is 16.5 Å². The number of aromatic hydroxyl groups is 1. The maximum absolute atomic E-state index is 11.4. The number of phenols is 1. The molecular weight excluding hydrogens is 304 g/mol. The standard InChI is InChI=1S/C11H10N2O9/c14-9-4-1-8(2-5-9)3-6-10(15)21-11(22-13(18)19)7-20-12(16)17/h1-6,11,14H,7H2. The van der Waals surface area contributed by atoms with Crippen LogP contribution in [0.5, 0.6) is 5.75 Å². The van der Waals surface area contributed by atoms with Crippen molar-refractivity contribution in [1.82, 2.24) is 0 Å². The van der Waals surface area contributed by atoms with Gasteiger partial charge in [0.05, 0.1) is 0 Å². The molecule has 1 unspecified atom stereocenters. The predicted molar refractivity (Wildman–Crippen MR) is 68.0 cm³/mol. The molecule has 1 atom stereocenters. The highest BCUT2D eigenvalue weighted by atomic mass is 17.0. The fourth-order valence-corrected chi connectivity index (χ4v) is 1.22. The topological polar surface area (TPSA) is 151 Å². The number of nitrogens with zero attached hydrogens (tertiary/aromatic N) is 2.